The molecule has 0 fully saturated rings. The molecule has 0 amide bonds. The zero-order valence-electron chi connectivity index (χ0n) is 16.9. The van der Waals surface area contributed by atoms with Gasteiger partial charge in [-0.15, -0.1) is 0 Å². The fourth-order valence-electron chi connectivity index (χ4n) is 3.44. The van der Waals surface area contributed by atoms with Crippen LogP contribution in [0, 0.1) is 0 Å². The highest BCUT2D eigenvalue weighted by atomic mass is 19.4. The molecule has 6 nitrogen and oxygen atoms in total. The van der Waals surface area contributed by atoms with Gasteiger partial charge in [-0.05, 0) is 31.4 Å². The normalized spacial score (nSPS) is 16.6. The van der Waals surface area contributed by atoms with E-state index in [9.17, 15) is 13.2 Å². The van der Waals surface area contributed by atoms with Crippen molar-refractivity contribution in [2.75, 3.05) is 0 Å². The Morgan fingerprint density at radius 1 is 1.16 bits per heavy atom. The summed E-state index contributed by atoms with van der Waals surface area (Å²) in [5, 5.41) is 10.8. The van der Waals surface area contributed by atoms with E-state index in [1.807, 2.05) is 12.3 Å². The Morgan fingerprint density at radius 3 is 2.48 bits per heavy atom. The van der Waals surface area contributed by atoms with Gasteiger partial charge in [0.2, 0.25) is 0 Å². The minimum Gasteiger partial charge on any atom is -0.475 e. The van der Waals surface area contributed by atoms with Gasteiger partial charge in [-0.2, -0.15) is 13.2 Å². The largest absolute Gasteiger partial charge is 0.490 e. The maximum atomic E-state index is 10.6. The van der Waals surface area contributed by atoms with Crippen molar-refractivity contribution in [3.8, 4) is 11.1 Å². The van der Waals surface area contributed by atoms with Crippen LogP contribution in [0.15, 0.2) is 55.0 Å². The van der Waals surface area contributed by atoms with Crippen molar-refractivity contribution >= 4 is 5.97 Å². The Labute approximate surface area is 177 Å². The summed E-state index contributed by atoms with van der Waals surface area (Å²) in [6, 6.07) is 15.4. The molecule has 164 valence electrons. The van der Waals surface area contributed by atoms with Gasteiger partial charge in [0.1, 0.15) is 0 Å². The number of carboxylic acid groups (broad SMARTS) is 1. The highest BCUT2D eigenvalue weighted by molar-refractivity contribution is 5.73. The molecule has 2 unspecified atom stereocenters. The number of hydrogen-bond donors (Lipinski definition) is 3. The average molecular weight is 432 g/mol. The van der Waals surface area contributed by atoms with E-state index in [1.165, 1.54) is 17.0 Å². The van der Waals surface area contributed by atoms with E-state index in [1.54, 1.807) is 6.33 Å². The van der Waals surface area contributed by atoms with Gasteiger partial charge >= 0.3 is 12.1 Å². The van der Waals surface area contributed by atoms with Crippen molar-refractivity contribution in [1.82, 2.24) is 20.3 Å². The molecule has 1 aliphatic rings. The fraction of sp³-hybridized carbons (Fsp3) is 0.318. The van der Waals surface area contributed by atoms with Crippen LogP contribution in [-0.4, -0.2) is 38.2 Å². The van der Waals surface area contributed by atoms with Crippen LogP contribution in [0.25, 0.3) is 11.1 Å². The Morgan fingerprint density at radius 2 is 1.87 bits per heavy atom. The van der Waals surface area contributed by atoms with Gasteiger partial charge in [0, 0.05) is 36.0 Å². The first-order valence-electron chi connectivity index (χ1n) is 9.82. The first-order chi connectivity index (χ1) is 14.7. The number of alkyl halides is 3. The van der Waals surface area contributed by atoms with Crippen molar-refractivity contribution in [2.45, 2.75) is 44.4 Å². The predicted octanol–water partition coefficient (Wildman–Crippen LogP) is 4.31. The Balaban J connectivity index is 0.000000339. The van der Waals surface area contributed by atoms with Crippen molar-refractivity contribution < 1.29 is 23.1 Å². The number of nitrogens with one attached hydrogen (secondary N) is 2. The lowest BCUT2D eigenvalue weighted by molar-refractivity contribution is -0.192. The second kappa shape index (κ2) is 9.74. The van der Waals surface area contributed by atoms with Gasteiger partial charge in [0.05, 0.1) is 17.7 Å². The van der Waals surface area contributed by atoms with E-state index in [4.69, 9.17) is 9.90 Å². The molecule has 0 bridgehead atoms. The maximum Gasteiger partial charge on any atom is 0.490 e. The van der Waals surface area contributed by atoms with Crippen LogP contribution in [0.2, 0.25) is 0 Å². The first-order valence-corrected chi connectivity index (χ1v) is 9.82. The topological polar surface area (TPSA) is 90.9 Å². The number of nitrogens with zero attached hydrogens (tertiary/aromatic N) is 2. The van der Waals surface area contributed by atoms with Crippen LogP contribution < -0.4 is 5.32 Å². The van der Waals surface area contributed by atoms with Gasteiger partial charge < -0.3 is 15.4 Å². The fourth-order valence-corrected chi connectivity index (χ4v) is 3.44. The van der Waals surface area contributed by atoms with Crippen LogP contribution in [-0.2, 0) is 17.6 Å². The second-order valence-corrected chi connectivity index (χ2v) is 7.30. The molecule has 1 aliphatic carbocycles. The number of carbonyl (C=O) groups is 1. The third-order valence-electron chi connectivity index (χ3n) is 5.05. The lowest BCUT2D eigenvalue weighted by Gasteiger charge is -2.26. The summed E-state index contributed by atoms with van der Waals surface area (Å²) in [7, 11) is 0. The number of aliphatic carboxylic acids is 1. The molecule has 1 aromatic carbocycles. The minimum absolute atomic E-state index is 0.240. The number of hydrogen-bond acceptors (Lipinski definition) is 4. The van der Waals surface area contributed by atoms with E-state index < -0.39 is 12.1 Å². The highest BCUT2D eigenvalue weighted by Crippen LogP contribution is 2.22. The van der Waals surface area contributed by atoms with Crippen molar-refractivity contribution in [1.29, 1.82) is 0 Å². The monoisotopic (exact) mass is 432 g/mol. The lowest BCUT2D eigenvalue weighted by atomic mass is 9.95. The molecule has 9 heteroatoms. The van der Waals surface area contributed by atoms with Crippen LogP contribution in [0.1, 0.15) is 36.5 Å². The van der Waals surface area contributed by atoms with E-state index in [0.29, 0.717) is 6.04 Å². The van der Waals surface area contributed by atoms with E-state index >= 15 is 0 Å². The van der Waals surface area contributed by atoms with Gasteiger partial charge in [-0.1, -0.05) is 36.4 Å². The number of aryl methyl sites for hydroxylation is 1. The van der Waals surface area contributed by atoms with Crippen molar-refractivity contribution in [3.05, 3.63) is 72.1 Å². The zero-order chi connectivity index (χ0) is 22.4. The number of rotatable bonds is 4. The second-order valence-electron chi connectivity index (χ2n) is 7.30. The van der Waals surface area contributed by atoms with Crippen molar-refractivity contribution in [3.63, 3.8) is 0 Å². The molecule has 0 radical (unpaired) electrons. The molecular formula is C22H23F3N4O2. The number of H-pyrrole nitrogens is 1. The van der Waals surface area contributed by atoms with Crippen LogP contribution in [0.3, 0.4) is 0 Å². The zero-order valence-corrected chi connectivity index (χ0v) is 16.9. The number of aromatic amines is 1. The number of imidazole rings is 1. The molecule has 0 saturated carbocycles. The Kier molecular flexibility index (Phi) is 7.06. The first kappa shape index (κ1) is 22.5. The molecule has 4 rings (SSSR count). The SMILES string of the molecule is CC(NC1CCc2nc[nH]c2C1)c1ccc(-c2ccccc2)cn1.O=C(O)C(F)(F)F. The van der Waals surface area contributed by atoms with E-state index in [0.717, 1.165) is 30.5 Å². The predicted molar refractivity (Wildman–Crippen MR) is 109 cm³/mol. The summed E-state index contributed by atoms with van der Waals surface area (Å²) in [5.41, 5.74) is 5.96. The molecule has 31 heavy (non-hydrogen) atoms. The summed E-state index contributed by atoms with van der Waals surface area (Å²) in [6.07, 6.45) is 1.88. The number of carboxylic acids is 1. The van der Waals surface area contributed by atoms with E-state index in [2.05, 4.69) is 63.6 Å². The van der Waals surface area contributed by atoms with Crippen LogP contribution >= 0.6 is 0 Å². The summed E-state index contributed by atoms with van der Waals surface area (Å²) in [5.74, 6) is -2.76. The molecule has 0 aliphatic heterocycles. The van der Waals surface area contributed by atoms with Crippen molar-refractivity contribution in [2.24, 2.45) is 0 Å². The summed E-state index contributed by atoms with van der Waals surface area (Å²) >= 11 is 0. The molecule has 0 saturated heterocycles. The van der Waals surface area contributed by atoms with E-state index in [-0.39, 0.29) is 6.04 Å². The number of fused-ring (bicyclic) bond motifs is 1. The summed E-state index contributed by atoms with van der Waals surface area (Å²) in [4.78, 5) is 21.2. The van der Waals surface area contributed by atoms with Gasteiger partial charge in [-0.3, -0.25) is 4.98 Å². The molecule has 2 heterocycles. The third-order valence-corrected chi connectivity index (χ3v) is 5.05. The van der Waals surface area contributed by atoms with Crippen LogP contribution in [0.4, 0.5) is 13.2 Å². The smallest absolute Gasteiger partial charge is 0.475 e. The van der Waals surface area contributed by atoms with Gasteiger partial charge in [0.15, 0.2) is 0 Å². The van der Waals surface area contributed by atoms with Gasteiger partial charge in [-0.25, -0.2) is 9.78 Å². The lowest BCUT2D eigenvalue weighted by Crippen LogP contribution is -2.36. The number of aromatic nitrogens is 3. The highest BCUT2D eigenvalue weighted by Gasteiger charge is 2.38. The quantitative estimate of drug-likeness (QED) is 0.572. The molecule has 3 aromatic rings. The third kappa shape index (κ3) is 6.14. The standard InChI is InChI=1S/C20H22N4.C2HF3O2/c1-14(24-17-8-10-19-20(11-17)23-13-22-19)18-9-7-16(12-21-18)15-5-3-2-4-6-15;3-2(4,5)1(6)7/h2-7,9,12-14,17,24H,8,10-11H2,1H3,(H,22,23);(H,6,7). The average Bonchev–Trinajstić information content (AvgIpc) is 3.22. The maximum absolute atomic E-state index is 10.6. The summed E-state index contributed by atoms with van der Waals surface area (Å²) in [6.45, 7) is 2.19. The molecule has 3 N–H and O–H groups in total. The summed E-state index contributed by atoms with van der Waals surface area (Å²) < 4.78 is 31.7. The number of halogens is 3. The Bertz CT molecular complexity index is 988. The molecule has 2 aromatic heterocycles. The number of benzene rings is 1. The number of pyridine rings is 1. The van der Waals surface area contributed by atoms with Crippen LogP contribution in [0.5, 0.6) is 0 Å². The minimum atomic E-state index is -5.08. The van der Waals surface area contributed by atoms with Gasteiger partial charge in [0.25, 0.3) is 0 Å². The molecule has 2 atom stereocenters. The molecule has 0 spiro atoms. The Hall–Kier alpha value is -3.20. The molecular weight excluding hydrogens is 409 g/mol.